The maximum atomic E-state index is 13.1. The van der Waals surface area contributed by atoms with Crippen LogP contribution >= 0.6 is 0 Å². The molecular formula is C20H27N3O3. The zero-order valence-corrected chi connectivity index (χ0v) is 15.4. The monoisotopic (exact) mass is 357 g/mol. The van der Waals surface area contributed by atoms with Crippen molar-refractivity contribution in [2.75, 3.05) is 31.6 Å². The van der Waals surface area contributed by atoms with E-state index in [0.717, 1.165) is 50.8 Å². The van der Waals surface area contributed by atoms with Gasteiger partial charge in [-0.3, -0.25) is 14.6 Å². The summed E-state index contributed by atoms with van der Waals surface area (Å²) in [5.74, 6) is 0.376. The first-order chi connectivity index (χ1) is 12.6. The van der Waals surface area contributed by atoms with Crippen LogP contribution < -0.4 is 4.90 Å². The first kappa shape index (κ1) is 17.5. The average Bonchev–Trinajstić information content (AvgIpc) is 2.96. The topological polar surface area (TPSA) is 62.7 Å². The number of likely N-dealkylation sites (tertiary alicyclic amines) is 1. The highest BCUT2D eigenvalue weighted by Crippen LogP contribution is 2.44. The van der Waals surface area contributed by atoms with E-state index in [1.54, 1.807) is 19.5 Å². The number of pyridine rings is 1. The van der Waals surface area contributed by atoms with Gasteiger partial charge < -0.3 is 14.5 Å². The molecule has 2 saturated heterocycles. The molecule has 0 N–H and O–H groups in total. The number of hydrogen-bond acceptors (Lipinski definition) is 4. The molecule has 3 aliphatic rings. The van der Waals surface area contributed by atoms with Crippen molar-refractivity contribution in [1.29, 1.82) is 0 Å². The third-order valence-corrected chi connectivity index (χ3v) is 6.71. The summed E-state index contributed by atoms with van der Waals surface area (Å²) in [5, 5.41) is 0. The van der Waals surface area contributed by atoms with Crippen molar-refractivity contribution in [2.45, 2.75) is 50.5 Å². The summed E-state index contributed by atoms with van der Waals surface area (Å²) in [5.41, 5.74) is 0.342. The molecule has 4 rings (SSSR count). The quantitative estimate of drug-likeness (QED) is 0.830. The molecule has 2 aliphatic heterocycles. The maximum Gasteiger partial charge on any atom is 0.233 e. The lowest BCUT2D eigenvalue weighted by atomic mass is 9.75. The van der Waals surface area contributed by atoms with Crippen molar-refractivity contribution in [3.63, 3.8) is 0 Å². The van der Waals surface area contributed by atoms with Gasteiger partial charge in [-0.05, 0) is 50.7 Å². The highest BCUT2D eigenvalue weighted by atomic mass is 16.5. The third-order valence-electron chi connectivity index (χ3n) is 6.71. The van der Waals surface area contributed by atoms with Crippen LogP contribution in [0.3, 0.4) is 0 Å². The zero-order valence-electron chi connectivity index (χ0n) is 15.4. The first-order valence-electron chi connectivity index (χ1n) is 9.63. The Balaban J connectivity index is 1.37. The Morgan fingerprint density at radius 2 is 1.92 bits per heavy atom. The van der Waals surface area contributed by atoms with Gasteiger partial charge in [0.15, 0.2) is 0 Å². The molecule has 0 unspecified atom stereocenters. The summed E-state index contributed by atoms with van der Waals surface area (Å²) in [7, 11) is 1.71. The van der Waals surface area contributed by atoms with Gasteiger partial charge in [0, 0.05) is 32.9 Å². The van der Waals surface area contributed by atoms with E-state index in [-0.39, 0.29) is 22.8 Å². The number of piperidine rings is 1. The van der Waals surface area contributed by atoms with Gasteiger partial charge in [-0.1, -0.05) is 0 Å². The normalized spacial score (nSPS) is 24.0. The van der Waals surface area contributed by atoms with E-state index in [9.17, 15) is 9.59 Å². The number of carbonyl (C=O) groups is 2. The largest absolute Gasteiger partial charge is 0.378 e. The Labute approximate surface area is 154 Å². The fraction of sp³-hybridized carbons (Fsp3) is 0.650. The summed E-state index contributed by atoms with van der Waals surface area (Å²) >= 11 is 0. The molecule has 140 valence electrons. The van der Waals surface area contributed by atoms with Gasteiger partial charge in [0.1, 0.15) is 0 Å². The van der Waals surface area contributed by atoms with Gasteiger partial charge in [0.2, 0.25) is 11.8 Å². The Morgan fingerprint density at radius 3 is 2.50 bits per heavy atom. The van der Waals surface area contributed by atoms with Gasteiger partial charge >= 0.3 is 0 Å². The van der Waals surface area contributed by atoms with Crippen LogP contribution in [0.4, 0.5) is 5.69 Å². The second-order valence-electron chi connectivity index (χ2n) is 8.00. The summed E-state index contributed by atoms with van der Waals surface area (Å²) in [6, 6.07) is 3.80. The molecule has 1 aliphatic carbocycles. The van der Waals surface area contributed by atoms with Crippen LogP contribution in [-0.2, 0) is 14.3 Å². The number of nitrogens with zero attached hydrogens (tertiary/aromatic N) is 3. The maximum absolute atomic E-state index is 13.1. The molecule has 1 saturated carbocycles. The first-order valence-corrected chi connectivity index (χ1v) is 9.63. The molecule has 3 fully saturated rings. The van der Waals surface area contributed by atoms with Crippen LogP contribution in [0.25, 0.3) is 0 Å². The molecule has 0 bridgehead atoms. The minimum absolute atomic E-state index is 0.177. The smallest absolute Gasteiger partial charge is 0.233 e. The van der Waals surface area contributed by atoms with Gasteiger partial charge in [-0.2, -0.15) is 0 Å². The fourth-order valence-electron chi connectivity index (χ4n) is 4.64. The molecule has 2 amide bonds. The molecule has 26 heavy (non-hydrogen) atoms. The van der Waals surface area contributed by atoms with Crippen LogP contribution in [0.15, 0.2) is 24.5 Å². The Hall–Kier alpha value is -1.95. The van der Waals surface area contributed by atoms with Gasteiger partial charge in [0.05, 0.1) is 29.3 Å². The van der Waals surface area contributed by atoms with Crippen molar-refractivity contribution < 1.29 is 14.3 Å². The molecule has 3 heterocycles. The van der Waals surface area contributed by atoms with Crippen LogP contribution in [0.2, 0.25) is 0 Å². The molecule has 0 radical (unpaired) electrons. The van der Waals surface area contributed by atoms with Crippen LogP contribution in [0, 0.1) is 5.41 Å². The molecule has 0 aromatic carbocycles. The lowest BCUT2D eigenvalue weighted by molar-refractivity contribution is -0.148. The number of carbonyl (C=O) groups excluding carboxylic acids is 2. The molecule has 1 aromatic heterocycles. The van der Waals surface area contributed by atoms with E-state index in [2.05, 4.69) is 4.98 Å². The summed E-state index contributed by atoms with van der Waals surface area (Å²) < 4.78 is 5.59. The van der Waals surface area contributed by atoms with E-state index in [1.807, 2.05) is 21.9 Å². The van der Waals surface area contributed by atoms with Crippen molar-refractivity contribution in [3.05, 3.63) is 24.5 Å². The average molecular weight is 357 g/mol. The summed E-state index contributed by atoms with van der Waals surface area (Å²) in [4.78, 5) is 33.7. The highest BCUT2D eigenvalue weighted by Gasteiger charge is 2.49. The van der Waals surface area contributed by atoms with Crippen molar-refractivity contribution in [1.82, 2.24) is 9.88 Å². The van der Waals surface area contributed by atoms with E-state index in [0.29, 0.717) is 19.5 Å². The van der Waals surface area contributed by atoms with Gasteiger partial charge in [-0.15, -0.1) is 0 Å². The lowest BCUT2D eigenvalue weighted by Crippen LogP contribution is -2.50. The number of rotatable bonds is 4. The van der Waals surface area contributed by atoms with E-state index in [4.69, 9.17) is 4.74 Å². The second kappa shape index (κ2) is 6.65. The van der Waals surface area contributed by atoms with Crippen LogP contribution in [-0.4, -0.2) is 54.0 Å². The Morgan fingerprint density at radius 1 is 1.19 bits per heavy atom. The number of amides is 2. The predicted molar refractivity (Wildman–Crippen MR) is 97.7 cm³/mol. The molecule has 1 aromatic rings. The molecule has 1 spiro atoms. The lowest BCUT2D eigenvalue weighted by Gasteiger charge is -2.43. The predicted octanol–water partition coefficient (Wildman–Crippen LogP) is 2.39. The molecular weight excluding hydrogens is 330 g/mol. The van der Waals surface area contributed by atoms with E-state index < -0.39 is 0 Å². The number of hydrogen-bond donors (Lipinski definition) is 0. The van der Waals surface area contributed by atoms with E-state index >= 15 is 0 Å². The van der Waals surface area contributed by atoms with E-state index in [1.165, 1.54) is 0 Å². The molecule has 6 nitrogen and oxygen atoms in total. The molecule has 6 heteroatoms. The third kappa shape index (κ3) is 2.90. The SMILES string of the molecule is COC1(CC(=O)N2CCC3(CC2)CCN(c2cccnc2)C3=O)CCC1. The van der Waals surface area contributed by atoms with Crippen LogP contribution in [0.5, 0.6) is 0 Å². The van der Waals surface area contributed by atoms with Gasteiger partial charge in [-0.25, -0.2) is 0 Å². The molecule has 0 atom stereocenters. The highest BCUT2D eigenvalue weighted by molar-refractivity contribution is 6.00. The minimum Gasteiger partial charge on any atom is -0.378 e. The second-order valence-corrected chi connectivity index (χ2v) is 8.00. The van der Waals surface area contributed by atoms with Crippen LogP contribution in [0.1, 0.15) is 44.9 Å². The van der Waals surface area contributed by atoms with Crippen molar-refractivity contribution >= 4 is 17.5 Å². The number of aromatic nitrogens is 1. The van der Waals surface area contributed by atoms with Crippen molar-refractivity contribution in [3.8, 4) is 0 Å². The van der Waals surface area contributed by atoms with Gasteiger partial charge in [0.25, 0.3) is 0 Å². The Bertz CT molecular complexity index is 673. The number of anilines is 1. The minimum atomic E-state index is -0.304. The zero-order chi connectivity index (χ0) is 18.2. The fourth-order valence-corrected chi connectivity index (χ4v) is 4.64. The number of ether oxygens (including phenoxy) is 1. The van der Waals surface area contributed by atoms with Crippen molar-refractivity contribution in [2.24, 2.45) is 5.41 Å². The standard InChI is InChI=1S/C20H27N3O3/c1-26-20(5-3-6-20)14-17(24)22-11-7-19(8-12-22)9-13-23(18(19)25)16-4-2-10-21-15-16/h2,4,10,15H,3,5-9,11-14H2,1H3. The Kier molecular flexibility index (Phi) is 4.47. The number of methoxy groups -OCH3 is 1. The summed E-state index contributed by atoms with van der Waals surface area (Å²) in [6.07, 6.45) is 9.43. The summed E-state index contributed by atoms with van der Waals surface area (Å²) in [6.45, 7) is 2.09.